The Morgan fingerprint density at radius 1 is 0.541 bits per heavy atom. The quantitative estimate of drug-likeness (QED) is 0.186. The molecule has 0 spiro atoms. The van der Waals surface area contributed by atoms with Gasteiger partial charge in [0.2, 0.25) is 5.43 Å². The molecule has 0 radical (unpaired) electrons. The Balaban J connectivity index is 1.60. The van der Waals surface area contributed by atoms with Crippen LogP contribution in [0.25, 0.3) is 38.1 Å². The van der Waals surface area contributed by atoms with Gasteiger partial charge < -0.3 is 14.0 Å². The highest BCUT2D eigenvalue weighted by Crippen LogP contribution is 2.52. The molecule has 5 heteroatoms. The van der Waals surface area contributed by atoms with Gasteiger partial charge in [-0.15, -0.1) is 0 Å². The molecule has 0 bridgehead atoms. The molecule has 2 aromatic heterocycles. The number of para-hydroxylation sites is 5. The van der Waals surface area contributed by atoms with Gasteiger partial charge in [0.25, 0.3) is 0 Å². The number of rotatable bonds is 1. The van der Waals surface area contributed by atoms with Crippen LogP contribution in [-0.2, 0) is 0 Å². The lowest BCUT2D eigenvalue weighted by atomic mass is 10.0. The summed E-state index contributed by atoms with van der Waals surface area (Å²) in [6.07, 6.45) is 0. The summed E-state index contributed by atoms with van der Waals surface area (Å²) in [7, 11) is 0. The van der Waals surface area contributed by atoms with E-state index in [1.807, 2.05) is 95.4 Å². The molecule has 8 rings (SSSR count). The van der Waals surface area contributed by atoms with Crippen LogP contribution in [0.4, 0.5) is 17.1 Å². The number of nitrogens with zero attached hydrogens (tertiary/aromatic N) is 2. The third-order valence-corrected chi connectivity index (χ3v) is 7.29. The minimum Gasteiger partial charge on any atom is -0.452 e. The normalized spacial score (nSPS) is 12.7. The summed E-state index contributed by atoms with van der Waals surface area (Å²) in [4.78, 5) is 29.6. The molecule has 7 aromatic rings. The van der Waals surface area contributed by atoms with E-state index in [1.165, 1.54) is 0 Å². The first-order valence-corrected chi connectivity index (χ1v) is 12.1. The molecule has 0 aliphatic carbocycles. The summed E-state index contributed by atoms with van der Waals surface area (Å²) in [5, 5.41) is 2.13. The van der Waals surface area contributed by atoms with Crippen molar-refractivity contribution in [2.75, 3.05) is 4.90 Å². The predicted molar refractivity (Wildman–Crippen MR) is 148 cm³/mol. The predicted octanol–water partition coefficient (Wildman–Crippen LogP) is 7.13. The van der Waals surface area contributed by atoms with Crippen LogP contribution in [0.15, 0.2) is 119 Å². The molecule has 174 valence electrons. The lowest BCUT2D eigenvalue weighted by Gasteiger charge is -2.33. The molecule has 1 aliphatic rings. The number of ether oxygens (including phenoxy) is 1. The maximum atomic E-state index is 14.2. The third kappa shape index (κ3) is 2.57. The number of hydrogen-bond donors (Lipinski definition) is 0. The SMILES string of the molecule is O=c1c2ccccc2n2c3ccc4c(c3c(=O)c3cccc1c32)Oc1ccccc1N4c1ccccc1. The molecule has 0 atom stereocenters. The molecule has 0 saturated heterocycles. The summed E-state index contributed by atoms with van der Waals surface area (Å²) in [6, 6.07) is 34.8. The van der Waals surface area contributed by atoms with Crippen molar-refractivity contribution >= 4 is 55.2 Å². The Morgan fingerprint density at radius 2 is 1.24 bits per heavy atom. The Bertz CT molecular complexity index is 2170. The molecule has 0 unspecified atom stereocenters. The second-order valence-corrected chi connectivity index (χ2v) is 9.26. The van der Waals surface area contributed by atoms with E-state index in [1.54, 1.807) is 18.2 Å². The molecular formula is C32H18N2O3. The molecule has 0 fully saturated rings. The molecule has 0 N–H and O–H groups in total. The van der Waals surface area contributed by atoms with Gasteiger partial charge in [0.1, 0.15) is 0 Å². The van der Waals surface area contributed by atoms with E-state index in [-0.39, 0.29) is 10.9 Å². The first-order valence-electron chi connectivity index (χ1n) is 12.1. The molecule has 5 aromatic carbocycles. The van der Waals surface area contributed by atoms with Crippen molar-refractivity contribution < 1.29 is 4.74 Å². The van der Waals surface area contributed by atoms with E-state index in [0.717, 1.165) is 22.6 Å². The van der Waals surface area contributed by atoms with Gasteiger partial charge in [0, 0.05) is 21.8 Å². The molecule has 0 saturated carbocycles. The second kappa shape index (κ2) is 7.18. The minimum atomic E-state index is -0.153. The van der Waals surface area contributed by atoms with Crippen LogP contribution < -0.4 is 20.5 Å². The van der Waals surface area contributed by atoms with Crippen LogP contribution in [-0.4, -0.2) is 4.40 Å². The Morgan fingerprint density at radius 3 is 2.11 bits per heavy atom. The average molecular weight is 479 g/mol. The molecular weight excluding hydrogens is 460 g/mol. The highest BCUT2D eigenvalue weighted by molar-refractivity contribution is 6.10. The van der Waals surface area contributed by atoms with Gasteiger partial charge in [-0.2, -0.15) is 0 Å². The van der Waals surface area contributed by atoms with E-state index < -0.39 is 0 Å². The Hall–Kier alpha value is -5.16. The minimum absolute atomic E-state index is 0.0710. The molecule has 3 heterocycles. The van der Waals surface area contributed by atoms with Crippen LogP contribution in [0.3, 0.4) is 0 Å². The van der Waals surface area contributed by atoms with Crippen LogP contribution in [0, 0.1) is 0 Å². The first kappa shape index (κ1) is 20.1. The lowest BCUT2D eigenvalue weighted by molar-refractivity contribution is 0.482. The fourth-order valence-electron chi connectivity index (χ4n) is 5.73. The monoisotopic (exact) mass is 478 g/mol. The molecule has 5 nitrogen and oxygen atoms in total. The largest absolute Gasteiger partial charge is 0.452 e. The van der Waals surface area contributed by atoms with Crippen LogP contribution >= 0.6 is 0 Å². The highest BCUT2D eigenvalue weighted by Gasteiger charge is 2.29. The number of hydrogen-bond acceptors (Lipinski definition) is 4. The van der Waals surface area contributed by atoms with Crippen molar-refractivity contribution in [1.29, 1.82) is 0 Å². The summed E-state index contributed by atoms with van der Waals surface area (Å²) >= 11 is 0. The number of benzene rings is 5. The van der Waals surface area contributed by atoms with Crippen molar-refractivity contribution in [3.8, 4) is 11.5 Å². The van der Waals surface area contributed by atoms with Gasteiger partial charge in [-0.05, 0) is 60.7 Å². The maximum absolute atomic E-state index is 14.2. The number of pyridine rings is 2. The van der Waals surface area contributed by atoms with Gasteiger partial charge >= 0.3 is 0 Å². The van der Waals surface area contributed by atoms with Crippen LogP contribution in [0.5, 0.6) is 11.5 Å². The number of aromatic nitrogens is 1. The van der Waals surface area contributed by atoms with Gasteiger partial charge in [0.15, 0.2) is 16.9 Å². The smallest absolute Gasteiger partial charge is 0.201 e. The molecule has 0 amide bonds. The zero-order valence-electron chi connectivity index (χ0n) is 19.5. The van der Waals surface area contributed by atoms with Crippen molar-refractivity contribution in [2.24, 2.45) is 0 Å². The third-order valence-electron chi connectivity index (χ3n) is 7.29. The Labute approximate surface area is 210 Å². The first-order chi connectivity index (χ1) is 18.2. The summed E-state index contributed by atoms with van der Waals surface area (Å²) in [5.74, 6) is 1.18. The van der Waals surface area contributed by atoms with Gasteiger partial charge in [-0.1, -0.05) is 48.5 Å². The van der Waals surface area contributed by atoms with Crippen LogP contribution in [0.1, 0.15) is 0 Å². The lowest BCUT2D eigenvalue weighted by Crippen LogP contribution is -2.19. The Kier molecular flexibility index (Phi) is 3.90. The second-order valence-electron chi connectivity index (χ2n) is 9.26. The fourth-order valence-corrected chi connectivity index (χ4v) is 5.73. The highest BCUT2D eigenvalue weighted by atomic mass is 16.5. The molecule has 37 heavy (non-hydrogen) atoms. The summed E-state index contributed by atoms with van der Waals surface area (Å²) in [6.45, 7) is 0. The van der Waals surface area contributed by atoms with Crippen molar-refractivity contribution in [2.45, 2.75) is 0 Å². The van der Waals surface area contributed by atoms with E-state index >= 15 is 0 Å². The topological polar surface area (TPSA) is 51.0 Å². The van der Waals surface area contributed by atoms with Crippen molar-refractivity contribution in [3.05, 3.63) is 130 Å². The van der Waals surface area contributed by atoms with Crippen molar-refractivity contribution in [1.82, 2.24) is 4.40 Å². The zero-order valence-corrected chi connectivity index (χ0v) is 19.5. The number of fused-ring (bicyclic) bond motifs is 7. The average Bonchev–Trinajstić information content (AvgIpc) is 2.95. The van der Waals surface area contributed by atoms with E-state index in [9.17, 15) is 9.59 Å². The summed E-state index contributed by atoms with van der Waals surface area (Å²) in [5.41, 5.74) is 4.55. The maximum Gasteiger partial charge on any atom is 0.201 e. The van der Waals surface area contributed by atoms with E-state index in [2.05, 4.69) is 4.90 Å². The zero-order chi connectivity index (χ0) is 24.7. The molecule has 1 aliphatic heterocycles. The van der Waals surface area contributed by atoms with Gasteiger partial charge in [-0.25, -0.2) is 0 Å². The van der Waals surface area contributed by atoms with Crippen molar-refractivity contribution in [3.63, 3.8) is 0 Å². The van der Waals surface area contributed by atoms with E-state index in [4.69, 9.17) is 4.74 Å². The van der Waals surface area contributed by atoms with Gasteiger partial charge in [0.05, 0.1) is 33.3 Å². The summed E-state index contributed by atoms with van der Waals surface area (Å²) < 4.78 is 8.54. The fraction of sp³-hybridized carbons (Fsp3) is 0. The van der Waals surface area contributed by atoms with E-state index in [0.29, 0.717) is 44.1 Å². The standard InChI is InChI=1S/C32H18N2O3/c35-30-20-11-4-5-14-23(20)34-25-17-18-26-32(28(25)31(36)22-13-8-12-21(30)29(22)34)37-27-16-7-6-15-24(27)33(26)19-9-2-1-3-10-19/h1-18H. The van der Waals surface area contributed by atoms with Crippen LogP contribution in [0.2, 0.25) is 0 Å². The number of anilines is 3. The van der Waals surface area contributed by atoms with Gasteiger partial charge in [-0.3, -0.25) is 9.59 Å².